The molecule has 0 radical (unpaired) electrons. The Hall–Kier alpha value is -0.0500. The van der Waals surface area contributed by atoms with E-state index in [2.05, 4.69) is 15.9 Å². The number of carbonyl (C=O) groups excluding carboxylic acids is 1. The molecule has 0 aliphatic carbocycles. The van der Waals surface area contributed by atoms with Crippen molar-refractivity contribution in [1.82, 2.24) is 0 Å². The van der Waals surface area contributed by atoms with Crippen molar-refractivity contribution in [2.24, 2.45) is 0 Å². The summed E-state index contributed by atoms with van der Waals surface area (Å²) in [6.07, 6.45) is 0. The van der Waals surface area contributed by atoms with Gasteiger partial charge in [0.05, 0.1) is 10.4 Å². The molecule has 0 amide bonds. The second-order valence-corrected chi connectivity index (χ2v) is 4.01. The Bertz CT molecular complexity index is 350. The molecule has 1 aromatic rings. The van der Waals surface area contributed by atoms with Gasteiger partial charge >= 0.3 is 0 Å². The summed E-state index contributed by atoms with van der Waals surface area (Å²) in [6, 6.07) is 3.29. The number of carbonyl (C=O) groups is 1. The van der Waals surface area contributed by atoms with Gasteiger partial charge in [-0.15, -0.1) is 0 Å². The van der Waals surface area contributed by atoms with Crippen LogP contribution in [-0.2, 0) is 0 Å². The Morgan fingerprint density at radius 2 is 2.00 bits per heavy atom. The van der Waals surface area contributed by atoms with Crippen LogP contribution in [0.1, 0.15) is 15.9 Å². The Morgan fingerprint density at radius 1 is 1.38 bits per heavy atom. The second-order valence-electron chi connectivity index (χ2n) is 2.64. The summed E-state index contributed by atoms with van der Waals surface area (Å²) in [7, 11) is 0. The maximum Gasteiger partial charge on any atom is 0.174 e. The maximum absolute atomic E-state index is 11.3. The molecule has 0 atom stereocenters. The fourth-order valence-corrected chi connectivity index (χ4v) is 1.72. The molecule has 1 rings (SSSR count). The minimum atomic E-state index is -0.0631. The number of Topliss-reactive ketones (excluding diaryl/α,β-unsaturated/α-hetero) is 1. The SMILES string of the molecule is Cc1cc(Cl)c(C(=O)CBr)cc1Cl. The van der Waals surface area contributed by atoms with E-state index in [1.165, 1.54) is 0 Å². The fourth-order valence-electron chi connectivity index (χ4n) is 0.932. The third-order valence-electron chi connectivity index (χ3n) is 1.67. The molecule has 13 heavy (non-hydrogen) atoms. The molecule has 0 heterocycles. The molecular formula is C9H7BrCl2O. The quantitative estimate of drug-likeness (QED) is 0.594. The van der Waals surface area contributed by atoms with E-state index in [4.69, 9.17) is 23.2 Å². The molecule has 0 aromatic heterocycles. The van der Waals surface area contributed by atoms with Crippen molar-refractivity contribution in [3.63, 3.8) is 0 Å². The van der Waals surface area contributed by atoms with Crippen molar-refractivity contribution >= 4 is 44.9 Å². The third kappa shape index (κ3) is 2.46. The molecule has 0 unspecified atom stereocenters. The van der Waals surface area contributed by atoms with Crippen molar-refractivity contribution in [3.05, 3.63) is 33.3 Å². The predicted octanol–water partition coefficient (Wildman–Crippen LogP) is 3.88. The van der Waals surface area contributed by atoms with Crippen molar-refractivity contribution in [2.45, 2.75) is 6.92 Å². The molecule has 0 aliphatic rings. The van der Waals surface area contributed by atoms with E-state index >= 15 is 0 Å². The summed E-state index contributed by atoms with van der Waals surface area (Å²) in [5.74, 6) is -0.0631. The first-order chi connectivity index (χ1) is 6.06. The van der Waals surface area contributed by atoms with Gasteiger partial charge in [-0.2, -0.15) is 0 Å². The van der Waals surface area contributed by atoms with E-state index in [0.29, 0.717) is 15.6 Å². The van der Waals surface area contributed by atoms with E-state index in [1.54, 1.807) is 12.1 Å². The fraction of sp³-hybridized carbons (Fsp3) is 0.222. The van der Waals surface area contributed by atoms with Crippen LogP contribution in [0.3, 0.4) is 0 Å². The van der Waals surface area contributed by atoms with Crippen LogP contribution in [0.25, 0.3) is 0 Å². The van der Waals surface area contributed by atoms with Crippen molar-refractivity contribution < 1.29 is 4.79 Å². The first-order valence-electron chi connectivity index (χ1n) is 3.61. The highest BCUT2D eigenvalue weighted by Gasteiger charge is 2.10. The van der Waals surface area contributed by atoms with Gasteiger partial charge in [0, 0.05) is 10.6 Å². The summed E-state index contributed by atoms with van der Waals surface area (Å²) in [5.41, 5.74) is 1.34. The van der Waals surface area contributed by atoms with Crippen LogP contribution in [0.15, 0.2) is 12.1 Å². The van der Waals surface area contributed by atoms with E-state index in [0.717, 1.165) is 5.56 Å². The van der Waals surface area contributed by atoms with Gasteiger partial charge in [-0.25, -0.2) is 0 Å². The van der Waals surface area contributed by atoms with Gasteiger partial charge in [0.15, 0.2) is 5.78 Å². The highest BCUT2D eigenvalue weighted by Crippen LogP contribution is 2.25. The zero-order valence-corrected chi connectivity index (χ0v) is 10.0. The van der Waals surface area contributed by atoms with Gasteiger partial charge in [0.1, 0.15) is 0 Å². The number of halogens is 3. The summed E-state index contributed by atoms with van der Waals surface area (Å²) < 4.78 is 0. The number of aryl methyl sites for hydroxylation is 1. The van der Waals surface area contributed by atoms with Gasteiger partial charge in [-0.3, -0.25) is 4.79 Å². The van der Waals surface area contributed by atoms with E-state index in [-0.39, 0.29) is 11.1 Å². The maximum atomic E-state index is 11.3. The lowest BCUT2D eigenvalue weighted by molar-refractivity contribution is 0.102. The lowest BCUT2D eigenvalue weighted by atomic mass is 10.1. The van der Waals surface area contributed by atoms with Crippen LogP contribution in [0.5, 0.6) is 0 Å². The molecule has 1 aromatic carbocycles. The summed E-state index contributed by atoms with van der Waals surface area (Å²) >= 11 is 14.8. The van der Waals surface area contributed by atoms with E-state index < -0.39 is 0 Å². The predicted molar refractivity (Wildman–Crippen MR) is 59.3 cm³/mol. The first kappa shape index (κ1) is 11.0. The highest BCUT2D eigenvalue weighted by atomic mass is 79.9. The van der Waals surface area contributed by atoms with Gasteiger partial charge in [-0.1, -0.05) is 39.1 Å². The van der Waals surface area contributed by atoms with E-state index in [9.17, 15) is 4.79 Å². The Morgan fingerprint density at radius 3 is 2.54 bits per heavy atom. The molecule has 0 saturated heterocycles. The summed E-state index contributed by atoms with van der Waals surface area (Å²) in [6.45, 7) is 1.84. The van der Waals surface area contributed by atoms with Crippen molar-refractivity contribution in [1.29, 1.82) is 0 Å². The molecule has 4 heteroatoms. The lowest BCUT2D eigenvalue weighted by Gasteiger charge is -2.04. The van der Waals surface area contributed by atoms with Gasteiger partial charge in [-0.05, 0) is 24.6 Å². The van der Waals surface area contributed by atoms with Gasteiger partial charge in [0.25, 0.3) is 0 Å². The normalized spacial score (nSPS) is 10.2. The molecule has 0 spiro atoms. The molecule has 0 bridgehead atoms. The molecule has 0 fully saturated rings. The van der Waals surface area contributed by atoms with Crippen LogP contribution in [-0.4, -0.2) is 11.1 Å². The second kappa shape index (κ2) is 4.45. The van der Waals surface area contributed by atoms with Crippen LogP contribution in [0.2, 0.25) is 10.0 Å². The number of hydrogen-bond acceptors (Lipinski definition) is 1. The molecule has 0 aliphatic heterocycles. The Kier molecular flexibility index (Phi) is 3.77. The average Bonchev–Trinajstić information content (AvgIpc) is 2.10. The topological polar surface area (TPSA) is 17.1 Å². The van der Waals surface area contributed by atoms with Crippen LogP contribution < -0.4 is 0 Å². The number of rotatable bonds is 2. The lowest BCUT2D eigenvalue weighted by Crippen LogP contribution is -2.01. The number of alkyl halides is 1. The summed E-state index contributed by atoms with van der Waals surface area (Å²) in [5, 5.41) is 1.27. The van der Waals surface area contributed by atoms with Crippen LogP contribution in [0.4, 0.5) is 0 Å². The van der Waals surface area contributed by atoms with Gasteiger partial charge in [0.2, 0.25) is 0 Å². The van der Waals surface area contributed by atoms with Gasteiger partial charge < -0.3 is 0 Å². The van der Waals surface area contributed by atoms with Crippen LogP contribution >= 0.6 is 39.1 Å². The first-order valence-corrected chi connectivity index (χ1v) is 5.49. The molecule has 0 N–H and O–H groups in total. The standard InChI is InChI=1S/C9H7BrCl2O/c1-5-2-8(12)6(3-7(5)11)9(13)4-10/h2-3H,4H2,1H3. The summed E-state index contributed by atoms with van der Waals surface area (Å²) in [4.78, 5) is 11.3. The van der Waals surface area contributed by atoms with E-state index in [1.807, 2.05) is 6.92 Å². The molecular weight excluding hydrogens is 275 g/mol. The molecule has 1 nitrogen and oxygen atoms in total. The van der Waals surface area contributed by atoms with Crippen LogP contribution in [0, 0.1) is 6.92 Å². The Balaban J connectivity index is 3.23. The zero-order valence-electron chi connectivity index (χ0n) is 6.90. The zero-order chi connectivity index (χ0) is 10.0. The monoisotopic (exact) mass is 280 g/mol. The minimum absolute atomic E-state index is 0.0631. The average molecular weight is 282 g/mol. The third-order valence-corrected chi connectivity index (χ3v) is 2.90. The smallest absolute Gasteiger partial charge is 0.174 e. The number of hydrogen-bond donors (Lipinski definition) is 0. The minimum Gasteiger partial charge on any atom is -0.293 e. The number of benzene rings is 1. The molecule has 70 valence electrons. The number of ketones is 1. The van der Waals surface area contributed by atoms with Crippen molar-refractivity contribution in [2.75, 3.05) is 5.33 Å². The largest absolute Gasteiger partial charge is 0.293 e. The molecule has 0 saturated carbocycles. The highest BCUT2D eigenvalue weighted by molar-refractivity contribution is 9.09. The van der Waals surface area contributed by atoms with Crippen molar-refractivity contribution in [3.8, 4) is 0 Å². The Labute approximate surface area is 95.2 Å².